The zero-order chi connectivity index (χ0) is 12.7. The van der Waals surface area contributed by atoms with E-state index in [9.17, 15) is 5.11 Å². The number of phenols is 1. The van der Waals surface area contributed by atoms with Crippen LogP contribution in [0.1, 0.15) is 0 Å². The first-order valence-corrected chi connectivity index (χ1v) is 5.81. The number of fused-ring (bicyclic) bond motifs is 1. The van der Waals surface area contributed by atoms with Gasteiger partial charge in [0.15, 0.2) is 5.65 Å². The Morgan fingerprint density at radius 3 is 2.83 bits per heavy atom. The van der Waals surface area contributed by atoms with Crippen LogP contribution in [0.15, 0.2) is 36.5 Å². The third-order valence-corrected chi connectivity index (χ3v) is 3.14. The largest absolute Gasteiger partial charge is 0.506 e. The summed E-state index contributed by atoms with van der Waals surface area (Å²) in [6.45, 7) is 0. The third kappa shape index (κ3) is 1.62. The van der Waals surface area contributed by atoms with Gasteiger partial charge in [0, 0.05) is 18.8 Å². The lowest BCUT2D eigenvalue weighted by Gasteiger charge is -2.03. The molecule has 2 aromatic heterocycles. The number of pyridine rings is 1. The number of rotatable bonds is 1. The maximum Gasteiger partial charge on any atom is 0.159 e. The summed E-state index contributed by atoms with van der Waals surface area (Å²) in [6.07, 6.45) is 1.73. The van der Waals surface area contributed by atoms with E-state index in [1.165, 1.54) is 0 Å². The van der Waals surface area contributed by atoms with Gasteiger partial charge in [-0.25, -0.2) is 9.97 Å². The first-order chi connectivity index (χ1) is 8.66. The molecule has 2 heterocycles. The van der Waals surface area contributed by atoms with E-state index in [0.29, 0.717) is 5.02 Å². The number of hydrogen-bond acceptors (Lipinski definition) is 3. The Morgan fingerprint density at radius 1 is 1.28 bits per heavy atom. The molecule has 0 aliphatic carbocycles. The van der Waals surface area contributed by atoms with Gasteiger partial charge in [0.05, 0.1) is 5.02 Å². The molecular formula is C13H10ClN3O. The van der Waals surface area contributed by atoms with Crippen molar-refractivity contribution >= 4 is 22.8 Å². The van der Waals surface area contributed by atoms with Gasteiger partial charge in [-0.2, -0.15) is 0 Å². The van der Waals surface area contributed by atoms with Crippen molar-refractivity contribution in [1.29, 1.82) is 0 Å². The van der Waals surface area contributed by atoms with Crippen LogP contribution in [-0.2, 0) is 7.05 Å². The van der Waals surface area contributed by atoms with Crippen molar-refractivity contribution in [2.45, 2.75) is 0 Å². The molecule has 0 spiro atoms. The highest BCUT2D eigenvalue weighted by Gasteiger charge is 2.11. The number of imidazole rings is 1. The molecule has 0 aliphatic rings. The highest BCUT2D eigenvalue weighted by molar-refractivity contribution is 6.32. The van der Waals surface area contributed by atoms with Crippen molar-refractivity contribution in [2.24, 2.45) is 7.05 Å². The minimum Gasteiger partial charge on any atom is -0.506 e. The maximum absolute atomic E-state index is 9.43. The summed E-state index contributed by atoms with van der Waals surface area (Å²) < 4.78 is 1.90. The number of aryl methyl sites for hydroxylation is 1. The summed E-state index contributed by atoms with van der Waals surface area (Å²) in [5, 5.41) is 9.74. The molecule has 0 saturated heterocycles. The van der Waals surface area contributed by atoms with Gasteiger partial charge >= 0.3 is 0 Å². The van der Waals surface area contributed by atoms with Crippen LogP contribution in [0, 0.1) is 0 Å². The van der Waals surface area contributed by atoms with Gasteiger partial charge in [0.2, 0.25) is 0 Å². The lowest BCUT2D eigenvalue weighted by Crippen LogP contribution is -1.93. The van der Waals surface area contributed by atoms with Gasteiger partial charge in [-0.3, -0.25) is 0 Å². The predicted octanol–water partition coefficient (Wildman–Crippen LogP) is 2.99. The molecule has 4 nitrogen and oxygen atoms in total. The third-order valence-electron chi connectivity index (χ3n) is 2.83. The molecule has 1 N–H and O–H groups in total. The van der Waals surface area contributed by atoms with Crippen LogP contribution in [0.4, 0.5) is 0 Å². The number of nitrogens with zero attached hydrogens (tertiary/aromatic N) is 3. The van der Waals surface area contributed by atoms with E-state index in [2.05, 4.69) is 9.97 Å². The lowest BCUT2D eigenvalue weighted by atomic mass is 10.2. The average Bonchev–Trinajstić information content (AvgIpc) is 2.71. The fourth-order valence-electron chi connectivity index (χ4n) is 1.93. The lowest BCUT2D eigenvalue weighted by molar-refractivity contribution is 0.475. The second kappa shape index (κ2) is 3.99. The first kappa shape index (κ1) is 11.0. The van der Waals surface area contributed by atoms with E-state index in [1.54, 1.807) is 24.4 Å². The topological polar surface area (TPSA) is 50.9 Å². The van der Waals surface area contributed by atoms with E-state index >= 15 is 0 Å². The molecule has 0 bridgehead atoms. The number of benzene rings is 1. The molecule has 0 aliphatic heterocycles. The van der Waals surface area contributed by atoms with Crippen molar-refractivity contribution in [3.05, 3.63) is 41.6 Å². The fourth-order valence-corrected chi connectivity index (χ4v) is 2.11. The molecule has 18 heavy (non-hydrogen) atoms. The number of hydrogen-bond donors (Lipinski definition) is 1. The van der Waals surface area contributed by atoms with Crippen LogP contribution >= 0.6 is 11.6 Å². The second-order valence-corrected chi connectivity index (χ2v) is 4.41. The smallest absolute Gasteiger partial charge is 0.159 e. The fraction of sp³-hybridized carbons (Fsp3) is 0.0769. The Hall–Kier alpha value is -2.07. The molecule has 3 rings (SSSR count). The molecule has 0 saturated carbocycles. The van der Waals surface area contributed by atoms with Crippen LogP contribution in [0.3, 0.4) is 0 Å². The minimum absolute atomic E-state index is 0.0669. The SMILES string of the molecule is Cn1c(-c2ccc(O)c(Cl)c2)nc2cccnc21. The van der Waals surface area contributed by atoms with E-state index < -0.39 is 0 Å². The summed E-state index contributed by atoms with van der Waals surface area (Å²) in [5.41, 5.74) is 2.49. The van der Waals surface area contributed by atoms with Gasteiger partial charge in [-0.15, -0.1) is 0 Å². The summed E-state index contributed by atoms with van der Waals surface area (Å²) in [5.74, 6) is 0.836. The molecule has 0 amide bonds. The van der Waals surface area contributed by atoms with Crippen molar-refractivity contribution in [3.63, 3.8) is 0 Å². The Bertz CT molecular complexity index is 736. The predicted molar refractivity (Wildman–Crippen MR) is 70.6 cm³/mol. The molecule has 3 aromatic rings. The summed E-state index contributed by atoms with van der Waals surface area (Å²) in [4.78, 5) is 8.80. The number of phenolic OH excluding ortho intramolecular Hbond substituents is 1. The second-order valence-electron chi connectivity index (χ2n) is 4.01. The molecule has 0 unspecified atom stereocenters. The molecule has 1 aromatic carbocycles. The maximum atomic E-state index is 9.43. The van der Waals surface area contributed by atoms with Gasteiger partial charge in [-0.05, 0) is 30.3 Å². The molecule has 90 valence electrons. The van der Waals surface area contributed by atoms with E-state index in [-0.39, 0.29) is 5.75 Å². The minimum atomic E-state index is 0.0669. The number of halogens is 1. The monoisotopic (exact) mass is 259 g/mol. The van der Waals surface area contributed by atoms with Crippen molar-refractivity contribution in [1.82, 2.24) is 14.5 Å². The van der Waals surface area contributed by atoms with Crippen molar-refractivity contribution in [3.8, 4) is 17.1 Å². The Morgan fingerprint density at radius 2 is 2.11 bits per heavy atom. The Kier molecular flexibility index (Phi) is 2.45. The van der Waals surface area contributed by atoms with Gasteiger partial charge < -0.3 is 9.67 Å². The number of aromatic nitrogens is 3. The van der Waals surface area contributed by atoms with Crippen LogP contribution < -0.4 is 0 Å². The van der Waals surface area contributed by atoms with Crippen LogP contribution in [0.2, 0.25) is 5.02 Å². The quantitative estimate of drug-likeness (QED) is 0.731. The molecule has 5 heteroatoms. The highest BCUT2D eigenvalue weighted by Crippen LogP contribution is 2.29. The van der Waals surface area contributed by atoms with Crippen LogP contribution in [-0.4, -0.2) is 19.6 Å². The van der Waals surface area contributed by atoms with Gasteiger partial charge in [0.25, 0.3) is 0 Å². The zero-order valence-corrected chi connectivity index (χ0v) is 10.4. The van der Waals surface area contributed by atoms with Gasteiger partial charge in [-0.1, -0.05) is 11.6 Å². The molecule has 0 radical (unpaired) electrons. The summed E-state index contributed by atoms with van der Waals surface area (Å²) in [6, 6.07) is 8.79. The van der Waals surface area contributed by atoms with E-state index in [0.717, 1.165) is 22.6 Å². The van der Waals surface area contributed by atoms with E-state index in [1.807, 2.05) is 23.7 Å². The molecule has 0 atom stereocenters. The Balaban J connectivity index is 2.25. The summed E-state index contributed by atoms with van der Waals surface area (Å²) in [7, 11) is 1.90. The Labute approximate surface area is 108 Å². The normalized spacial score (nSPS) is 11.0. The highest BCUT2D eigenvalue weighted by atomic mass is 35.5. The number of aromatic hydroxyl groups is 1. The first-order valence-electron chi connectivity index (χ1n) is 5.43. The molecule has 0 fully saturated rings. The van der Waals surface area contributed by atoms with Crippen molar-refractivity contribution in [2.75, 3.05) is 0 Å². The van der Waals surface area contributed by atoms with E-state index in [4.69, 9.17) is 11.6 Å². The van der Waals surface area contributed by atoms with Crippen LogP contribution in [0.25, 0.3) is 22.6 Å². The molecular weight excluding hydrogens is 250 g/mol. The summed E-state index contributed by atoms with van der Waals surface area (Å²) >= 11 is 5.91. The standard InChI is InChI=1S/C13H10ClN3O/c1-17-12(8-4-5-11(18)9(14)7-8)16-10-3-2-6-15-13(10)17/h2-7,18H,1H3. The zero-order valence-electron chi connectivity index (χ0n) is 9.63. The van der Waals surface area contributed by atoms with Gasteiger partial charge in [0.1, 0.15) is 17.1 Å². The average molecular weight is 260 g/mol. The van der Waals surface area contributed by atoms with Crippen LogP contribution in [0.5, 0.6) is 5.75 Å². The van der Waals surface area contributed by atoms with Crippen molar-refractivity contribution < 1.29 is 5.11 Å².